The number of nitrogens with one attached hydrogen (secondary N) is 2. The van der Waals surface area contributed by atoms with Crippen LogP contribution in [-0.2, 0) is 9.53 Å². The van der Waals surface area contributed by atoms with Gasteiger partial charge in [-0.3, -0.25) is 10.1 Å². The number of hydrogen-bond donors (Lipinski definition) is 2. The molecule has 2 N–H and O–H groups in total. The van der Waals surface area contributed by atoms with Gasteiger partial charge < -0.3 is 10.1 Å². The van der Waals surface area contributed by atoms with Gasteiger partial charge in [0.05, 0.1) is 5.92 Å². The maximum Gasteiger partial charge on any atom is 0.407 e. The number of alkyl carbamates (subject to hydrolysis) is 1. The number of amides is 2. The largest absolute Gasteiger partial charge is 0.444 e. The van der Waals surface area contributed by atoms with Gasteiger partial charge in [-0.2, -0.15) is 0 Å². The molecule has 1 aromatic carbocycles. The highest BCUT2D eigenvalue weighted by Gasteiger charge is 2.29. The summed E-state index contributed by atoms with van der Waals surface area (Å²) in [6, 6.07) is 9.32. The lowest BCUT2D eigenvalue weighted by molar-refractivity contribution is -0.117. The summed E-state index contributed by atoms with van der Waals surface area (Å²) in [6.45, 7) is 5.50. The van der Waals surface area contributed by atoms with E-state index in [0.29, 0.717) is 11.0 Å². The van der Waals surface area contributed by atoms with Crippen molar-refractivity contribution in [2.45, 2.75) is 51.0 Å². The minimum atomic E-state index is -0.597. The minimum absolute atomic E-state index is 0.124. The molecule has 0 unspecified atom stereocenters. The van der Waals surface area contributed by atoms with Crippen molar-refractivity contribution in [2.24, 2.45) is 0 Å². The van der Waals surface area contributed by atoms with E-state index >= 15 is 0 Å². The van der Waals surface area contributed by atoms with Crippen molar-refractivity contribution < 1.29 is 14.3 Å². The summed E-state index contributed by atoms with van der Waals surface area (Å²) in [5.74, 6) is -0.311. The standard InChI is InChI=1S/C19H24N4O3S/c1-19(2,3)26-18(25)20-11-14(12-7-5-4-6-8-12)15(24)21-17-23-22-16(27-17)13-9-10-13/h4-8,13-14H,9-11H2,1-3H3,(H,20,25)(H,21,23,24)/t14-/m0/s1. The number of carbonyl (C=O) groups is 2. The molecule has 1 heterocycles. The number of benzene rings is 1. The second-order valence-electron chi connectivity index (χ2n) is 7.56. The Morgan fingerprint density at radius 2 is 1.93 bits per heavy atom. The Kier molecular flexibility index (Phi) is 5.74. The molecule has 0 aliphatic heterocycles. The second kappa shape index (κ2) is 8.04. The fourth-order valence-electron chi connectivity index (χ4n) is 2.52. The first kappa shape index (κ1) is 19.3. The Balaban J connectivity index is 1.67. The lowest BCUT2D eigenvalue weighted by Crippen LogP contribution is -2.37. The van der Waals surface area contributed by atoms with Crippen LogP contribution >= 0.6 is 11.3 Å². The smallest absolute Gasteiger partial charge is 0.407 e. The van der Waals surface area contributed by atoms with E-state index in [2.05, 4.69) is 20.8 Å². The average Bonchev–Trinajstić information content (AvgIpc) is 3.34. The lowest BCUT2D eigenvalue weighted by atomic mass is 9.98. The Hall–Kier alpha value is -2.48. The zero-order chi connectivity index (χ0) is 19.4. The van der Waals surface area contributed by atoms with Crippen molar-refractivity contribution in [2.75, 3.05) is 11.9 Å². The molecule has 0 spiro atoms. The quantitative estimate of drug-likeness (QED) is 0.788. The van der Waals surface area contributed by atoms with E-state index in [1.165, 1.54) is 11.3 Å². The van der Waals surface area contributed by atoms with Crippen LogP contribution in [0.4, 0.5) is 9.93 Å². The third-order valence-corrected chi connectivity index (χ3v) is 4.97. The van der Waals surface area contributed by atoms with Crippen LogP contribution in [0, 0.1) is 0 Å². The number of hydrogen-bond acceptors (Lipinski definition) is 6. The normalized spacial score (nSPS) is 15.1. The van der Waals surface area contributed by atoms with E-state index in [0.717, 1.165) is 23.4 Å². The van der Waals surface area contributed by atoms with Crippen LogP contribution in [0.3, 0.4) is 0 Å². The van der Waals surface area contributed by atoms with Gasteiger partial charge in [0, 0.05) is 12.5 Å². The Morgan fingerprint density at radius 3 is 2.56 bits per heavy atom. The first-order valence-corrected chi connectivity index (χ1v) is 9.79. The topological polar surface area (TPSA) is 93.2 Å². The molecule has 1 aliphatic carbocycles. The maximum absolute atomic E-state index is 12.8. The summed E-state index contributed by atoms with van der Waals surface area (Å²) >= 11 is 1.41. The minimum Gasteiger partial charge on any atom is -0.444 e. The number of carbonyl (C=O) groups excluding carboxylic acids is 2. The number of aromatic nitrogens is 2. The summed E-state index contributed by atoms with van der Waals surface area (Å²) in [7, 11) is 0. The Labute approximate surface area is 162 Å². The SMILES string of the molecule is CC(C)(C)OC(=O)NC[C@H](C(=O)Nc1nnc(C2CC2)s1)c1ccccc1. The molecule has 0 radical (unpaired) electrons. The third kappa shape index (κ3) is 5.75. The van der Waals surface area contributed by atoms with Crippen molar-refractivity contribution in [3.8, 4) is 0 Å². The van der Waals surface area contributed by atoms with Gasteiger partial charge in [-0.05, 0) is 39.2 Å². The van der Waals surface area contributed by atoms with E-state index in [1.807, 2.05) is 30.3 Å². The molecular formula is C19H24N4O3S. The molecule has 27 heavy (non-hydrogen) atoms. The van der Waals surface area contributed by atoms with Crippen LogP contribution in [0.1, 0.15) is 56.0 Å². The molecule has 2 amide bonds. The molecule has 1 aliphatic rings. The first-order chi connectivity index (χ1) is 12.8. The molecule has 2 aromatic rings. The summed E-state index contributed by atoms with van der Waals surface area (Å²) in [5.41, 5.74) is 0.207. The van der Waals surface area contributed by atoms with Crippen LogP contribution < -0.4 is 10.6 Å². The number of rotatable bonds is 6. The lowest BCUT2D eigenvalue weighted by Gasteiger charge is -2.21. The van der Waals surface area contributed by atoms with Crippen LogP contribution in [0.25, 0.3) is 0 Å². The van der Waals surface area contributed by atoms with Crippen molar-refractivity contribution in [1.29, 1.82) is 0 Å². The maximum atomic E-state index is 12.8. The van der Waals surface area contributed by atoms with Gasteiger partial charge in [0.1, 0.15) is 10.6 Å². The highest BCUT2D eigenvalue weighted by Crippen LogP contribution is 2.42. The fraction of sp³-hybridized carbons (Fsp3) is 0.474. The Bertz CT molecular complexity index is 797. The number of ether oxygens (including phenoxy) is 1. The van der Waals surface area contributed by atoms with Crippen LogP contribution in [0.2, 0.25) is 0 Å². The van der Waals surface area contributed by atoms with E-state index in [9.17, 15) is 9.59 Å². The first-order valence-electron chi connectivity index (χ1n) is 8.98. The number of nitrogens with zero attached hydrogens (tertiary/aromatic N) is 2. The van der Waals surface area contributed by atoms with Crippen molar-refractivity contribution in [3.63, 3.8) is 0 Å². The Morgan fingerprint density at radius 1 is 1.22 bits per heavy atom. The highest BCUT2D eigenvalue weighted by atomic mass is 32.1. The van der Waals surface area contributed by atoms with Gasteiger partial charge in [-0.15, -0.1) is 10.2 Å². The van der Waals surface area contributed by atoms with Gasteiger partial charge >= 0.3 is 6.09 Å². The average molecular weight is 388 g/mol. The molecule has 1 aromatic heterocycles. The number of anilines is 1. The van der Waals surface area contributed by atoms with Gasteiger partial charge in [0.15, 0.2) is 0 Å². The summed E-state index contributed by atoms with van der Waals surface area (Å²) in [4.78, 5) is 24.8. The van der Waals surface area contributed by atoms with Gasteiger partial charge in [-0.1, -0.05) is 41.7 Å². The van der Waals surface area contributed by atoms with E-state index in [1.54, 1.807) is 20.8 Å². The van der Waals surface area contributed by atoms with Gasteiger partial charge in [-0.25, -0.2) is 4.79 Å². The molecule has 1 fully saturated rings. The van der Waals surface area contributed by atoms with Crippen LogP contribution in [-0.4, -0.2) is 34.3 Å². The van der Waals surface area contributed by atoms with Crippen LogP contribution in [0.15, 0.2) is 30.3 Å². The predicted molar refractivity (Wildman–Crippen MR) is 104 cm³/mol. The second-order valence-corrected chi connectivity index (χ2v) is 8.56. The zero-order valence-corrected chi connectivity index (χ0v) is 16.5. The zero-order valence-electron chi connectivity index (χ0n) is 15.7. The van der Waals surface area contributed by atoms with Crippen molar-refractivity contribution in [3.05, 3.63) is 40.9 Å². The predicted octanol–water partition coefficient (Wildman–Crippen LogP) is 3.66. The van der Waals surface area contributed by atoms with Gasteiger partial charge in [0.2, 0.25) is 11.0 Å². The van der Waals surface area contributed by atoms with Gasteiger partial charge in [0.25, 0.3) is 0 Å². The summed E-state index contributed by atoms with van der Waals surface area (Å²) in [6.07, 6.45) is 1.72. The summed E-state index contributed by atoms with van der Waals surface area (Å²) < 4.78 is 5.26. The van der Waals surface area contributed by atoms with E-state index in [4.69, 9.17) is 4.74 Å². The highest BCUT2D eigenvalue weighted by molar-refractivity contribution is 7.15. The molecule has 3 rings (SSSR count). The monoisotopic (exact) mass is 388 g/mol. The molecular weight excluding hydrogens is 364 g/mol. The third-order valence-electron chi connectivity index (χ3n) is 3.97. The molecule has 1 saturated carbocycles. The van der Waals surface area contributed by atoms with E-state index < -0.39 is 17.6 Å². The summed E-state index contributed by atoms with van der Waals surface area (Å²) in [5, 5.41) is 15.2. The van der Waals surface area contributed by atoms with Crippen molar-refractivity contribution >= 4 is 28.5 Å². The fourth-order valence-corrected chi connectivity index (χ4v) is 3.44. The van der Waals surface area contributed by atoms with Crippen molar-refractivity contribution in [1.82, 2.24) is 15.5 Å². The van der Waals surface area contributed by atoms with E-state index in [-0.39, 0.29) is 12.5 Å². The molecule has 0 saturated heterocycles. The molecule has 1 atom stereocenters. The molecule has 144 valence electrons. The van der Waals surface area contributed by atoms with Crippen LogP contribution in [0.5, 0.6) is 0 Å². The molecule has 8 heteroatoms. The molecule has 0 bridgehead atoms. The molecule has 7 nitrogen and oxygen atoms in total.